The summed E-state index contributed by atoms with van der Waals surface area (Å²) in [5.41, 5.74) is 2.54. The summed E-state index contributed by atoms with van der Waals surface area (Å²) in [4.78, 5) is 35.6. The van der Waals surface area contributed by atoms with E-state index in [0.29, 0.717) is 22.3 Å². The smallest absolute Gasteiger partial charge is 0.414 e. The number of aromatic amines is 1. The van der Waals surface area contributed by atoms with E-state index < -0.39 is 17.7 Å². The molecule has 0 unspecified atom stereocenters. The number of H-pyrrole nitrogens is 1. The standard InChI is InChI=1S/C21H16F2N4O3/c22-14-7-12-13(8-15(14)23)19(24-9-18(12)28)10-4-5-16-17(6-10)26-20(25-16)27-21(29)30-11-2-1-3-11/h4-8,11H,1-3,9H2,(H2,25,26,27,29). The van der Waals surface area contributed by atoms with E-state index in [0.717, 1.165) is 31.4 Å². The summed E-state index contributed by atoms with van der Waals surface area (Å²) in [5, 5.41) is 2.57. The van der Waals surface area contributed by atoms with E-state index in [2.05, 4.69) is 20.3 Å². The van der Waals surface area contributed by atoms with Crippen LogP contribution in [-0.4, -0.2) is 40.2 Å². The van der Waals surface area contributed by atoms with Crippen LogP contribution in [0.15, 0.2) is 35.3 Å². The largest absolute Gasteiger partial charge is 0.446 e. The third-order valence-corrected chi connectivity index (χ3v) is 5.30. The van der Waals surface area contributed by atoms with Gasteiger partial charge in [0.1, 0.15) is 12.6 Å². The Morgan fingerprint density at radius 1 is 1.13 bits per heavy atom. The van der Waals surface area contributed by atoms with Gasteiger partial charge in [0.25, 0.3) is 0 Å². The molecule has 2 N–H and O–H groups in total. The normalized spacial score (nSPS) is 16.1. The van der Waals surface area contributed by atoms with Gasteiger partial charge in [0.2, 0.25) is 5.95 Å². The van der Waals surface area contributed by atoms with Gasteiger partial charge >= 0.3 is 6.09 Å². The van der Waals surface area contributed by atoms with E-state index in [1.54, 1.807) is 18.2 Å². The number of imidazole rings is 1. The van der Waals surface area contributed by atoms with Crippen LogP contribution >= 0.6 is 0 Å². The Morgan fingerprint density at radius 3 is 2.63 bits per heavy atom. The van der Waals surface area contributed by atoms with Crippen LogP contribution in [0, 0.1) is 11.6 Å². The van der Waals surface area contributed by atoms with Crippen LogP contribution < -0.4 is 5.32 Å². The first-order chi connectivity index (χ1) is 14.5. The monoisotopic (exact) mass is 410 g/mol. The molecule has 1 amide bonds. The molecule has 2 heterocycles. The molecule has 5 rings (SSSR count). The second-order valence-electron chi connectivity index (χ2n) is 7.30. The average Bonchev–Trinajstić information content (AvgIpc) is 3.08. The number of rotatable bonds is 3. The molecule has 0 saturated heterocycles. The van der Waals surface area contributed by atoms with Gasteiger partial charge in [-0.2, -0.15) is 0 Å². The number of ether oxygens (including phenoxy) is 1. The van der Waals surface area contributed by atoms with Gasteiger partial charge in [0.15, 0.2) is 17.4 Å². The van der Waals surface area contributed by atoms with Gasteiger partial charge in [-0.3, -0.25) is 15.1 Å². The molecule has 2 aliphatic rings. The van der Waals surface area contributed by atoms with Crippen molar-refractivity contribution in [1.29, 1.82) is 0 Å². The number of carbonyl (C=O) groups is 2. The predicted molar refractivity (Wildman–Crippen MR) is 105 cm³/mol. The van der Waals surface area contributed by atoms with Gasteiger partial charge < -0.3 is 9.72 Å². The first kappa shape index (κ1) is 18.4. The van der Waals surface area contributed by atoms with Crippen molar-refractivity contribution >= 4 is 34.6 Å². The molecule has 152 valence electrons. The maximum absolute atomic E-state index is 13.8. The maximum Gasteiger partial charge on any atom is 0.414 e. The van der Waals surface area contributed by atoms with Crippen molar-refractivity contribution in [2.24, 2.45) is 4.99 Å². The lowest BCUT2D eigenvalue weighted by Crippen LogP contribution is -2.28. The number of carbonyl (C=O) groups excluding carboxylic acids is 2. The van der Waals surface area contributed by atoms with Crippen LogP contribution in [0.4, 0.5) is 19.5 Å². The highest BCUT2D eigenvalue weighted by Crippen LogP contribution is 2.26. The summed E-state index contributed by atoms with van der Waals surface area (Å²) in [6.07, 6.45) is 2.18. The molecule has 1 saturated carbocycles. The molecule has 2 aromatic carbocycles. The summed E-state index contributed by atoms with van der Waals surface area (Å²) in [5.74, 6) is -2.25. The summed E-state index contributed by atoms with van der Waals surface area (Å²) in [7, 11) is 0. The topological polar surface area (TPSA) is 96.4 Å². The van der Waals surface area contributed by atoms with Crippen LogP contribution in [0.25, 0.3) is 11.0 Å². The zero-order chi connectivity index (χ0) is 20.8. The summed E-state index contributed by atoms with van der Waals surface area (Å²) >= 11 is 0. The molecule has 1 fully saturated rings. The van der Waals surface area contributed by atoms with E-state index in [1.165, 1.54) is 0 Å². The number of hydrogen-bond acceptors (Lipinski definition) is 5. The van der Waals surface area contributed by atoms with Crippen LogP contribution in [0.2, 0.25) is 0 Å². The van der Waals surface area contributed by atoms with E-state index in [1.807, 2.05) is 0 Å². The maximum atomic E-state index is 13.8. The summed E-state index contributed by atoms with van der Waals surface area (Å²) < 4.78 is 32.7. The fraction of sp³-hybridized carbons (Fsp3) is 0.238. The number of benzene rings is 2. The van der Waals surface area contributed by atoms with E-state index in [9.17, 15) is 18.4 Å². The zero-order valence-electron chi connectivity index (χ0n) is 15.7. The molecule has 1 aromatic heterocycles. The van der Waals surface area contributed by atoms with Gasteiger partial charge in [-0.05, 0) is 43.5 Å². The van der Waals surface area contributed by atoms with Crippen LogP contribution in [0.3, 0.4) is 0 Å². The second kappa shape index (κ2) is 7.01. The van der Waals surface area contributed by atoms with Crippen LogP contribution in [0.1, 0.15) is 40.7 Å². The number of nitrogens with one attached hydrogen (secondary N) is 2. The van der Waals surface area contributed by atoms with Crippen molar-refractivity contribution in [1.82, 2.24) is 9.97 Å². The molecule has 0 atom stereocenters. The minimum atomic E-state index is -1.07. The highest BCUT2D eigenvalue weighted by atomic mass is 19.2. The number of halogens is 2. The molecule has 9 heteroatoms. The Kier molecular flexibility index (Phi) is 4.30. The molecular formula is C21H16F2N4O3. The van der Waals surface area contributed by atoms with Gasteiger partial charge in [-0.1, -0.05) is 6.07 Å². The number of hydrogen-bond donors (Lipinski definition) is 2. The molecule has 30 heavy (non-hydrogen) atoms. The van der Waals surface area contributed by atoms with Crippen molar-refractivity contribution < 1.29 is 23.1 Å². The number of aromatic nitrogens is 2. The first-order valence-electron chi connectivity index (χ1n) is 9.53. The second-order valence-corrected chi connectivity index (χ2v) is 7.30. The van der Waals surface area contributed by atoms with Crippen molar-refractivity contribution in [3.05, 3.63) is 58.7 Å². The minimum absolute atomic E-state index is 0.0432. The Hall–Kier alpha value is -3.62. The van der Waals surface area contributed by atoms with Crippen molar-refractivity contribution in [2.45, 2.75) is 25.4 Å². The van der Waals surface area contributed by atoms with E-state index in [4.69, 9.17) is 4.74 Å². The number of amides is 1. The van der Waals surface area contributed by atoms with Gasteiger partial charge in [0, 0.05) is 16.7 Å². The van der Waals surface area contributed by atoms with Gasteiger partial charge in [0.05, 0.1) is 16.7 Å². The van der Waals surface area contributed by atoms with Gasteiger partial charge in [-0.15, -0.1) is 0 Å². The summed E-state index contributed by atoms with van der Waals surface area (Å²) in [6.45, 7) is -0.145. The predicted octanol–water partition coefficient (Wildman–Crippen LogP) is 3.98. The number of nitrogens with zero attached hydrogens (tertiary/aromatic N) is 2. The van der Waals surface area contributed by atoms with Crippen molar-refractivity contribution in [3.63, 3.8) is 0 Å². The molecule has 0 spiro atoms. The third-order valence-electron chi connectivity index (χ3n) is 5.30. The Bertz CT molecular complexity index is 1230. The lowest BCUT2D eigenvalue weighted by atomic mass is 9.92. The Labute approximate surface area is 169 Å². The molecule has 0 radical (unpaired) electrons. The number of aliphatic imine (C=N–C) groups is 1. The molecule has 7 nitrogen and oxygen atoms in total. The lowest BCUT2D eigenvalue weighted by Gasteiger charge is -2.24. The number of Topliss-reactive ketones (excluding diaryl/α,β-unsaturated/α-hetero) is 1. The SMILES string of the molecule is O=C(Nc1nc2ccc(C3=NCC(=O)c4cc(F)c(F)cc43)cc2[nH]1)OC1CCC1. The fourth-order valence-corrected chi connectivity index (χ4v) is 3.52. The molecule has 1 aliphatic heterocycles. The molecule has 0 bridgehead atoms. The average molecular weight is 410 g/mol. The highest BCUT2D eigenvalue weighted by Gasteiger charge is 2.25. The molecule has 3 aromatic rings. The highest BCUT2D eigenvalue weighted by molar-refractivity contribution is 6.22. The number of fused-ring (bicyclic) bond motifs is 2. The lowest BCUT2D eigenvalue weighted by molar-refractivity contribution is 0.0623. The van der Waals surface area contributed by atoms with Crippen molar-refractivity contribution in [3.8, 4) is 0 Å². The molecular weight excluding hydrogens is 394 g/mol. The Balaban J connectivity index is 1.45. The minimum Gasteiger partial charge on any atom is -0.446 e. The number of ketones is 1. The quantitative estimate of drug-likeness (QED) is 0.683. The number of anilines is 1. The third kappa shape index (κ3) is 3.22. The van der Waals surface area contributed by atoms with Crippen LogP contribution in [0.5, 0.6) is 0 Å². The zero-order valence-corrected chi connectivity index (χ0v) is 15.7. The molecule has 1 aliphatic carbocycles. The summed E-state index contributed by atoms with van der Waals surface area (Å²) in [6, 6.07) is 7.05. The first-order valence-corrected chi connectivity index (χ1v) is 9.53. The van der Waals surface area contributed by atoms with E-state index >= 15 is 0 Å². The van der Waals surface area contributed by atoms with Crippen molar-refractivity contribution in [2.75, 3.05) is 11.9 Å². The van der Waals surface area contributed by atoms with E-state index in [-0.39, 0.29) is 35.5 Å². The van der Waals surface area contributed by atoms with Gasteiger partial charge in [-0.25, -0.2) is 18.6 Å². The fourth-order valence-electron chi connectivity index (χ4n) is 3.52. The van der Waals surface area contributed by atoms with Crippen LogP contribution in [-0.2, 0) is 4.74 Å². The Morgan fingerprint density at radius 2 is 1.90 bits per heavy atom.